The minimum absolute atomic E-state index is 0.231. The van der Waals surface area contributed by atoms with Crippen LogP contribution in [-0.2, 0) is 4.79 Å². The number of carbonyl (C=O) groups is 2. The number of aryl methyl sites for hydroxylation is 1. The maximum absolute atomic E-state index is 11.4. The summed E-state index contributed by atoms with van der Waals surface area (Å²) in [6, 6.07) is 8.71. The number of rotatable bonds is 4. The number of aromatic nitrogens is 1. The zero-order valence-electron chi connectivity index (χ0n) is 12.6. The lowest BCUT2D eigenvalue weighted by Crippen LogP contribution is -2.12. The zero-order chi connectivity index (χ0) is 16.3. The van der Waals surface area contributed by atoms with Gasteiger partial charge in [-0.3, -0.25) is 4.79 Å². The Morgan fingerprint density at radius 1 is 1.27 bits per heavy atom. The lowest BCUT2D eigenvalue weighted by Gasteiger charge is -2.12. The van der Waals surface area contributed by atoms with Crippen LogP contribution in [0.3, 0.4) is 0 Å². The molecule has 114 valence electrons. The second kappa shape index (κ2) is 6.26. The number of carbonyl (C=O) groups excluding carboxylic acids is 1. The number of para-hydroxylation sites is 1. The Morgan fingerprint density at radius 3 is 2.59 bits per heavy atom. The topological polar surface area (TPSA) is 83.7 Å². The molecule has 0 atom stereocenters. The van der Waals surface area contributed by atoms with E-state index < -0.39 is 5.97 Å². The smallest absolute Gasteiger partial charge is 0.337 e. The molecule has 1 aromatic heterocycles. The number of nitrogens with one attached hydrogen (secondary N) is 1. The fraction of sp³-hybridized carbons (Fsp3) is 0.188. The van der Waals surface area contributed by atoms with Crippen LogP contribution in [0.4, 0.5) is 0 Å². The molecule has 1 heterocycles. The summed E-state index contributed by atoms with van der Waals surface area (Å²) in [7, 11) is 0. The van der Waals surface area contributed by atoms with E-state index in [0.29, 0.717) is 5.69 Å². The van der Waals surface area contributed by atoms with Crippen LogP contribution in [0.25, 0.3) is 5.69 Å². The molecular weight excluding hydrogens is 282 g/mol. The summed E-state index contributed by atoms with van der Waals surface area (Å²) >= 11 is 0. The molecule has 0 saturated carbocycles. The SMILES string of the molecule is CC(=O)N/N=C\c1cc(C)n(-c2ccccc2C(=O)O)c1C. The normalized spacial score (nSPS) is 10.9. The van der Waals surface area contributed by atoms with Crippen LogP contribution >= 0.6 is 0 Å². The first-order valence-corrected chi connectivity index (χ1v) is 6.73. The molecule has 0 aliphatic heterocycles. The van der Waals surface area contributed by atoms with E-state index in [9.17, 15) is 14.7 Å². The van der Waals surface area contributed by atoms with E-state index in [1.165, 1.54) is 6.92 Å². The predicted octanol–water partition coefficient (Wildman–Crippen LogP) is 2.26. The highest BCUT2D eigenvalue weighted by Crippen LogP contribution is 2.22. The summed E-state index contributed by atoms with van der Waals surface area (Å²) in [6.45, 7) is 5.14. The zero-order valence-corrected chi connectivity index (χ0v) is 12.6. The molecule has 0 aliphatic rings. The average Bonchev–Trinajstić information content (AvgIpc) is 2.73. The molecule has 0 fully saturated rings. The first-order chi connectivity index (χ1) is 10.4. The Labute approximate surface area is 128 Å². The van der Waals surface area contributed by atoms with Crippen LogP contribution < -0.4 is 5.43 Å². The average molecular weight is 299 g/mol. The van der Waals surface area contributed by atoms with Crippen molar-refractivity contribution in [1.29, 1.82) is 0 Å². The van der Waals surface area contributed by atoms with Gasteiger partial charge in [-0.25, -0.2) is 10.2 Å². The van der Waals surface area contributed by atoms with Gasteiger partial charge in [-0.2, -0.15) is 5.10 Å². The summed E-state index contributed by atoms with van der Waals surface area (Å²) in [6.07, 6.45) is 1.55. The number of aromatic carboxylic acids is 1. The van der Waals surface area contributed by atoms with E-state index in [2.05, 4.69) is 10.5 Å². The van der Waals surface area contributed by atoms with Gasteiger partial charge in [0, 0.05) is 23.9 Å². The monoisotopic (exact) mass is 299 g/mol. The van der Waals surface area contributed by atoms with E-state index in [0.717, 1.165) is 17.0 Å². The van der Waals surface area contributed by atoms with Crippen molar-refractivity contribution >= 4 is 18.1 Å². The molecule has 0 aliphatic carbocycles. The van der Waals surface area contributed by atoms with Crippen LogP contribution in [0.2, 0.25) is 0 Å². The third-order valence-corrected chi connectivity index (χ3v) is 3.27. The molecule has 0 bridgehead atoms. The van der Waals surface area contributed by atoms with Crippen molar-refractivity contribution in [2.75, 3.05) is 0 Å². The predicted molar refractivity (Wildman–Crippen MR) is 83.6 cm³/mol. The molecule has 2 N–H and O–H groups in total. The van der Waals surface area contributed by atoms with Gasteiger partial charge in [-0.15, -0.1) is 0 Å². The van der Waals surface area contributed by atoms with Gasteiger partial charge >= 0.3 is 5.97 Å². The van der Waals surface area contributed by atoms with Crippen LogP contribution in [-0.4, -0.2) is 27.8 Å². The Kier molecular flexibility index (Phi) is 4.41. The van der Waals surface area contributed by atoms with E-state index in [1.54, 1.807) is 30.5 Å². The van der Waals surface area contributed by atoms with Gasteiger partial charge in [-0.1, -0.05) is 12.1 Å². The van der Waals surface area contributed by atoms with Crippen molar-refractivity contribution < 1.29 is 14.7 Å². The van der Waals surface area contributed by atoms with Crippen molar-refractivity contribution in [3.05, 3.63) is 52.8 Å². The van der Waals surface area contributed by atoms with Crippen molar-refractivity contribution in [2.24, 2.45) is 5.10 Å². The Morgan fingerprint density at radius 2 is 1.95 bits per heavy atom. The molecule has 0 saturated heterocycles. The molecule has 2 aromatic rings. The minimum Gasteiger partial charge on any atom is -0.478 e. The molecule has 1 amide bonds. The first-order valence-electron chi connectivity index (χ1n) is 6.73. The molecule has 0 unspecified atom stereocenters. The fourth-order valence-corrected chi connectivity index (χ4v) is 2.33. The number of nitrogens with zero attached hydrogens (tertiary/aromatic N) is 2. The number of hydrazone groups is 1. The lowest BCUT2D eigenvalue weighted by molar-refractivity contribution is -0.118. The second-order valence-corrected chi connectivity index (χ2v) is 4.91. The number of hydrogen-bond acceptors (Lipinski definition) is 3. The number of benzene rings is 1. The van der Waals surface area contributed by atoms with Gasteiger partial charge in [0.1, 0.15) is 0 Å². The van der Waals surface area contributed by atoms with Gasteiger partial charge < -0.3 is 9.67 Å². The number of amides is 1. The van der Waals surface area contributed by atoms with Gasteiger partial charge in [-0.05, 0) is 32.0 Å². The third-order valence-electron chi connectivity index (χ3n) is 3.27. The molecule has 0 radical (unpaired) electrons. The number of hydrogen-bond donors (Lipinski definition) is 2. The Hall–Kier alpha value is -2.89. The second-order valence-electron chi connectivity index (χ2n) is 4.91. The summed E-state index contributed by atoms with van der Waals surface area (Å²) in [5.41, 5.74) is 5.72. The standard InChI is InChI=1S/C16H17N3O3/c1-10-8-13(9-17-18-12(3)20)11(2)19(10)15-7-5-4-6-14(15)16(21)22/h4-9H,1-3H3,(H,18,20)(H,21,22)/b17-9-. The highest BCUT2D eigenvalue weighted by molar-refractivity contribution is 5.92. The van der Waals surface area contributed by atoms with Crippen molar-refractivity contribution in [2.45, 2.75) is 20.8 Å². The van der Waals surface area contributed by atoms with E-state index >= 15 is 0 Å². The molecule has 6 heteroatoms. The molecule has 2 rings (SSSR count). The van der Waals surface area contributed by atoms with Crippen LogP contribution in [0.1, 0.15) is 34.2 Å². The molecule has 0 spiro atoms. The quantitative estimate of drug-likeness (QED) is 0.671. The molecule has 6 nitrogen and oxygen atoms in total. The number of carboxylic acid groups (broad SMARTS) is 1. The summed E-state index contributed by atoms with van der Waals surface area (Å²) < 4.78 is 1.86. The lowest BCUT2D eigenvalue weighted by atomic mass is 10.1. The maximum Gasteiger partial charge on any atom is 0.337 e. The maximum atomic E-state index is 11.4. The van der Waals surface area contributed by atoms with Crippen molar-refractivity contribution in [3.63, 3.8) is 0 Å². The van der Waals surface area contributed by atoms with Gasteiger partial charge in [0.2, 0.25) is 5.91 Å². The summed E-state index contributed by atoms with van der Waals surface area (Å²) in [5.74, 6) is -1.22. The van der Waals surface area contributed by atoms with E-state index in [4.69, 9.17) is 0 Å². The highest BCUT2D eigenvalue weighted by Gasteiger charge is 2.15. The third kappa shape index (κ3) is 3.06. The van der Waals surface area contributed by atoms with Crippen LogP contribution in [0, 0.1) is 13.8 Å². The first kappa shape index (κ1) is 15.5. The summed E-state index contributed by atoms with van der Waals surface area (Å²) in [4.78, 5) is 22.2. The molecule has 1 aromatic carbocycles. The van der Waals surface area contributed by atoms with Crippen LogP contribution in [0.15, 0.2) is 35.4 Å². The Bertz CT molecular complexity index is 760. The highest BCUT2D eigenvalue weighted by atomic mass is 16.4. The summed E-state index contributed by atoms with van der Waals surface area (Å²) in [5, 5.41) is 13.2. The minimum atomic E-state index is -0.975. The van der Waals surface area contributed by atoms with Crippen molar-refractivity contribution in [1.82, 2.24) is 9.99 Å². The largest absolute Gasteiger partial charge is 0.478 e. The number of carboxylic acids is 1. The van der Waals surface area contributed by atoms with Gasteiger partial charge in [0.25, 0.3) is 0 Å². The molecule has 22 heavy (non-hydrogen) atoms. The molecular formula is C16H17N3O3. The fourth-order valence-electron chi connectivity index (χ4n) is 2.33. The van der Waals surface area contributed by atoms with E-state index in [-0.39, 0.29) is 11.5 Å². The van der Waals surface area contributed by atoms with Gasteiger partial charge in [0.05, 0.1) is 17.5 Å². The van der Waals surface area contributed by atoms with Crippen molar-refractivity contribution in [3.8, 4) is 5.69 Å². The van der Waals surface area contributed by atoms with Crippen LogP contribution in [0.5, 0.6) is 0 Å². The van der Waals surface area contributed by atoms with E-state index in [1.807, 2.05) is 24.5 Å². The Balaban J connectivity index is 2.50. The van der Waals surface area contributed by atoms with Gasteiger partial charge in [0.15, 0.2) is 0 Å².